The van der Waals surface area contributed by atoms with E-state index in [-0.39, 0.29) is 18.5 Å². The van der Waals surface area contributed by atoms with E-state index >= 15 is 0 Å². The molecule has 1 unspecified atom stereocenters. The minimum absolute atomic E-state index is 0.0216. The SMILES string of the molecule is CCNC(=NCC(=O)N1CCc2sccc2C1)NC1CCN(CC(F)(F)F)C1. The van der Waals surface area contributed by atoms with Gasteiger partial charge in [-0.15, -0.1) is 11.3 Å². The Morgan fingerprint density at radius 1 is 1.39 bits per heavy atom. The molecule has 1 fully saturated rings. The molecule has 28 heavy (non-hydrogen) atoms. The van der Waals surface area contributed by atoms with Crippen molar-refractivity contribution in [3.63, 3.8) is 0 Å². The highest BCUT2D eigenvalue weighted by Gasteiger charge is 2.34. The summed E-state index contributed by atoms with van der Waals surface area (Å²) in [7, 11) is 0. The van der Waals surface area contributed by atoms with Gasteiger partial charge in [0.1, 0.15) is 6.54 Å². The predicted octanol–water partition coefficient (Wildman–Crippen LogP) is 1.82. The van der Waals surface area contributed by atoms with Gasteiger partial charge in [-0.05, 0) is 36.8 Å². The molecule has 1 atom stereocenters. The summed E-state index contributed by atoms with van der Waals surface area (Å²) >= 11 is 1.73. The number of nitrogens with zero attached hydrogens (tertiary/aromatic N) is 3. The first kappa shape index (κ1) is 20.9. The van der Waals surface area contributed by atoms with E-state index in [0.29, 0.717) is 45.1 Å². The number of aliphatic imine (C=N–C) groups is 1. The highest BCUT2D eigenvalue weighted by Crippen LogP contribution is 2.24. The predicted molar refractivity (Wildman–Crippen MR) is 103 cm³/mol. The maximum Gasteiger partial charge on any atom is 0.401 e. The summed E-state index contributed by atoms with van der Waals surface area (Å²) in [5, 5.41) is 8.28. The fourth-order valence-electron chi connectivity index (χ4n) is 3.57. The lowest BCUT2D eigenvalue weighted by atomic mass is 10.1. The third-order valence-electron chi connectivity index (χ3n) is 4.89. The molecule has 156 valence electrons. The number of rotatable bonds is 5. The van der Waals surface area contributed by atoms with E-state index in [9.17, 15) is 18.0 Å². The number of amides is 1. The van der Waals surface area contributed by atoms with Crippen LogP contribution in [0.2, 0.25) is 0 Å². The third kappa shape index (κ3) is 5.84. The van der Waals surface area contributed by atoms with Gasteiger partial charge in [-0.1, -0.05) is 0 Å². The molecule has 10 heteroatoms. The Hall–Kier alpha value is -1.81. The van der Waals surface area contributed by atoms with Crippen LogP contribution in [0.4, 0.5) is 13.2 Å². The summed E-state index contributed by atoms with van der Waals surface area (Å²) < 4.78 is 37.6. The van der Waals surface area contributed by atoms with Gasteiger partial charge in [-0.2, -0.15) is 13.2 Å². The van der Waals surface area contributed by atoms with E-state index in [1.165, 1.54) is 15.3 Å². The molecular weight excluding hydrogens is 391 g/mol. The molecule has 2 aliphatic heterocycles. The third-order valence-corrected chi connectivity index (χ3v) is 5.92. The van der Waals surface area contributed by atoms with Crippen LogP contribution in [-0.2, 0) is 17.8 Å². The number of fused-ring (bicyclic) bond motifs is 1. The van der Waals surface area contributed by atoms with E-state index in [4.69, 9.17) is 0 Å². The number of alkyl halides is 3. The molecule has 0 radical (unpaired) electrons. The van der Waals surface area contributed by atoms with Crippen LogP contribution in [0.1, 0.15) is 23.8 Å². The van der Waals surface area contributed by atoms with Crippen molar-refractivity contribution >= 4 is 23.2 Å². The molecule has 0 spiro atoms. The second-order valence-corrected chi connectivity index (χ2v) is 8.11. The number of carbonyl (C=O) groups is 1. The average molecular weight is 418 g/mol. The molecule has 0 saturated carbocycles. The number of hydrogen-bond acceptors (Lipinski definition) is 4. The molecule has 1 aromatic rings. The first-order chi connectivity index (χ1) is 13.3. The Bertz CT molecular complexity index is 706. The Balaban J connectivity index is 1.51. The second kappa shape index (κ2) is 9.13. The second-order valence-electron chi connectivity index (χ2n) is 7.11. The minimum atomic E-state index is -4.18. The molecule has 1 aromatic heterocycles. The van der Waals surface area contributed by atoms with Crippen molar-refractivity contribution < 1.29 is 18.0 Å². The Morgan fingerprint density at radius 3 is 2.96 bits per heavy atom. The van der Waals surface area contributed by atoms with Crippen LogP contribution in [0.3, 0.4) is 0 Å². The number of halogens is 3. The molecule has 2 N–H and O–H groups in total. The molecule has 3 rings (SSSR count). The van der Waals surface area contributed by atoms with Gasteiger partial charge in [0, 0.05) is 43.6 Å². The molecule has 0 aromatic carbocycles. The van der Waals surface area contributed by atoms with Crippen LogP contribution in [0.25, 0.3) is 0 Å². The van der Waals surface area contributed by atoms with Crippen LogP contribution in [0, 0.1) is 0 Å². The summed E-state index contributed by atoms with van der Waals surface area (Å²) in [6, 6.07) is 1.94. The maximum absolute atomic E-state index is 12.5. The molecular formula is C18H26F3N5OS. The van der Waals surface area contributed by atoms with E-state index in [2.05, 4.69) is 21.7 Å². The highest BCUT2D eigenvalue weighted by atomic mass is 32.1. The number of hydrogen-bond donors (Lipinski definition) is 2. The standard InChI is InChI=1S/C18H26F3N5OS/c1-2-22-17(24-14-3-6-25(11-14)12-18(19,20)21)23-9-16(27)26-7-4-15-13(10-26)5-8-28-15/h5,8,14H,2-4,6-7,9-12H2,1H3,(H2,22,23,24). The summed E-state index contributed by atoms with van der Waals surface area (Å²) in [4.78, 5) is 21.4. The lowest BCUT2D eigenvalue weighted by Gasteiger charge is -2.26. The van der Waals surface area contributed by atoms with E-state index in [1.807, 2.05) is 17.2 Å². The topological polar surface area (TPSA) is 60.0 Å². The molecule has 2 aliphatic rings. The monoisotopic (exact) mass is 417 g/mol. The van der Waals surface area contributed by atoms with Crippen molar-refractivity contribution in [2.45, 2.75) is 38.5 Å². The number of likely N-dealkylation sites (tertiary alicyclic amines) is 1. The molecule has 6 nitrogen and oxygen atoms in total. The van der Waals surface area contributed by atoms with Gasteiger partial charge in [0.05, 0.1) is 6.54 Å². The molecule has 0 bridgehead atoms. The number of carbonyl (C=O) groups excluding carboxylic acids is 1. The van der Waals surface area contributed by atoms with Crippen molar-refractivity contribution in [1.29, 1.82) is 0 Å². The van der Waals surface area contributed by atoms with Crippen LogP contribution in [-0.4, -0.2) is 73.2 Å². The Kier molecular flexibility index (Phi) is 6.82. The van der Waals surface area contributed by atoms with Crippen molar-refractivity contribution in [2.24, 2.45) is 4.99 Å². The zero-order chi connectivity index (χ0) is 20.1. The first-order valence-electron chi connectivity index (χ1n) is 9.51. The van der Waals surface area contributed by atoms with E-state index < -0.39 is 12.7 Å². The van der Waals surface area contributed by atoms with Crippen LogP contribution in [0.5, 0.6) is 0 Å². The van der Waals surface area contributed by atoms with Crippen molar-refractivity contribution in [3.8, 4) is 0 Å². The highest BCUT2D eigenvalue weighted by molar-refractivity contribution is 7.10. The fourth-order valence-corrected chi connectivity index (χ4v) is 4.46. The van der Waals surface area contributed by atoms with Crippen LogP contribution in [0.15, 0.2) is 16.4 Å². The zero-order valence-electron chi connectivity index (χ0n) is 15.9. The molecule has 3 heterocycles. The van der Waals surface area contributed by atoms with Gasteiger partial charge in [0.2, 0.25) is 5.91 Å². The first-order valence-corrected chi connectivity index (χ1v) is 10.4. The Labute approximate surface area is 166 Å². The molecule has 0 aliphatic carbocycles. The molecule has 1 amide bonds. The quantitative estimate of drug-likeness (QED) is 0.567. The van der Waals surface area contributed by atoms with Crippen LogP contribution >= 0.6 is 11.3 Å². The fraction of sp³-hybridized carbons (Fsp3) is 0.667. The normalized spacial score (nSPS) is 20.9. The van der Waals surface area contributed by atoms with Crippen molar-refractivity contribution in [3.05, 3.63) is 21.9 Å². The average Bonchev–Trinajstić information content (AvgIpc) is 3.26. The summed E-state index contributed by atoms with van der Waals surface area (Å²) in [6.45, 7) is 3.67. The summed E-state index contributed by atoms with van der Waals surface area (Å²) in [5.74, 6) is 0.433. The van der Waals surface area contributed by atoms with Gasteiger partial charge >= 0.3 is 6.18 Å². The van der Waals surface area contributed by atoms with E-state index in [0.717, 1.165) is 6.42 Å². The zero-order valence-corrected chi connectivity index (χ0v) is 16.7. The number of nitrogens with one attached hydrogen (secondary N) is 2. The lowest BCUT2D eigenvalue weighted by Crippen LogP contribution is -2.46. The maximum atomic E-state index is 12.5. The largest absolute Gasteiger partial charge is 0.401 e. The van der Waals surface area contributed by atoms with Gasteiger partial charge in [0.15, 0.2) is 5.96 Å². The summed E-state index contributed by atoms with van der Waals surface area (Å²) in [5.41, 5.74) is 1.20. The van der Waals surface area contributed by atoms with Crippen LogP contribution < -0.4 is 10.6 Å². The van der Waals surface area contributed by atoms with Gasteiger partial charge in [0.25, 0.3) is 0 Å². The van der Waals surface area contributed by atoms with Crippen molar-refractivity contribution in [2.75, 3.05) is 39.3 Å². The lowest BCUT2D eigenvalue weighted by molar-refractivity contribution is -0.143. The smallest absolute Gasteiger partial charge is 0.357 e. The Morgan fingerprint density at radius 2 is 2.21 bits per heavy atom. The van der Waals surface area contributed by atoms with Gasteiger partial charge < -0.3 is 15.5 Å². The van der Waals surface area contributed by atoms with E-state index in [1.54, 1.807) is 11.3 Å². The summed E-state index contributed by atoms with van der Waals surface area (Å²) in [6.07, 6.45) is -2.70. The van der Waals surface area contributed by atoms with Crippen molar-refractivity contribution in [1.82, 2.24) is 20.4 Å². The van der Waals surface area contributed by atoms with Gasteiger partial charge in [-0.3, -0.25) is 9.69 Å². The van der Waals surface area contributed by atoms with Gasteiger partial charge in [-0.25, -0.2) is 4.99 Å². The number of thiophene rings is 1. The minimum Gasteiger partial charge on any atom is -0.357 e. The molecule has 1 saturated heterocycles. The number of guanidine groups is 1.